The summed E-state index contributed by atoms with van der Waals surface area (Å²) in [6.07, 6.45) is -3.61. The first-order valence-electron chi connectivity index (χ1n) is 5.81. The van der Waals surface area contributed by atoms with Crippen molar-refractivity contribution in [1.29, 1.82) is 0 Å². The first kappa shape index (κ1) is 15.0. The molecule has 2 nitrogen and oxygen atoms in total. The molecule has 102 valence electrons. The van der Waals surface area contributed by atoms with E-state index >= 15 is 0 Å². The smallest absolute Gasteiger partial charge is 0.369 e. The van der Waals surface area contributed by atoms with Crippen LogP contribution in [0.4, 0.5) is 13.2 Å². The fraction of sp³-hybridized carbons (Fsp3) is 0.538. The third kappa shape index (κ3) is 3.99. The predicted molar refractivity (Wildman–Crippen MR) is 64.0 cm³/mol. The van der Waals surface area contributed by atoms with E-state index in [2.05, 4.69) is 0 Å². The highest BCUT2D eigenvalue weighted by Crippen LogP contribution is 2.30. The van der Waals surface area contributed by atoms with Crippen LogP contribution >= 0.6 is 0 Å². The molecule has 0 amide bonds. The number of rotatable bonds is 5. The van der Waals surface area contributed by atoms with Gasteiger partial charge in [-0.1, -0.05) is 19.1 Å². The van der Waals surface area contributed by atoms with Crippen molar-refractivity contribution < 1.29 is 17.9 Å². The van der Waals surface area contributed by atoms with Gasteiger partial charge in [0.2, 0.25) is 0 Å². The average Bonchev–Trinajstić information content (AvgIpc) is 2.35. The molecule has 1 aromatic carbocycles. The molecular weight excluding hydrogens is 243 g/mol. The van der Waals surface area contributed by atoms with Gasteiger partial charge >= 0.3 is 6.18 Å². The minimum Gasteiger partial charge on any atom is -0.369 e. The van der Waals surface area contributed by atoms with Crippen LogP contribution in [-0.4, -0.2) is 12.1 Å². The lowest BCUT2D eigenvalue weighted by atomic mass is 10.0. The number of benzene rings is 1. The number of nitrogens with two attached hydrogens (primary N) is 1. The summed E-state index contributed by atoms with van der Waals surface area (Å²) in [5.74, 6) is 0. The average molecular weight is 261 g/mol. The Bertz CT molecular complexity index is 386. The maximum absolute atomic E-state index is 12.5. The number of hydrogen-bond acceptors (Lipinski definition) is 2. The summed E-state index contributed by atoms with van der Waals surface area (Å²) in [6.45, 7) is 4.24. The van der Waals surface area contributed by atoms with Gasteiger partial charge < -0.3 is 10.5 Å². The molecule has 1 aromatic rings. The normalized spacial score (nSPS) is 15.4. The van der Waals surface area contributed by atoms with E-state index in [1.54, 1.807) is 6.07 Å². The molecule has 0 aliphatic rings. The van der Waals surface area contributed by atoms with Crippen LogP contribution in [0.25, 0.3) is 0 Å². The maximum Gasteiger partial charge on any atom is 0.416 e. The van der Waals surface area contributed by atoms with Gasteiger partial charge in [0.1, 0.15) is 0 Å². The van der Waals surface area contributed by atoms with Crippen molar-refractivity contribution in [2.75, 3.05) is 6.54 Å². The Morgan fingerprint density at radius 1 is 1.28 bits per heavy atom. The van der Waals surface area contributed by atoms with E-state index in [-0.39, 0.29) is 6.61 Å². The SMILES string of the molecule is CCC(C)(CN)OCc1cccc(C(F)(F)F)c1. The molecule has 1 atom stereocenters. The number of ether oxygens (including phenoxy) is 1. The summed E-state index contributed by atoms with van der Waals surface area (Å²) in [4.78, 5) is 0. The van der Waals surface area contributed by atoms with Gasteiger partial charge in [-0.05, 0) is 31.0 Å². The van der Waals surface area contributed by atoms with E-state index in [9.17, 15) is 13.2 Å². The molecule has 2 N–H and O–H groups in total. The second-order valence-corrected chi connectivity index (χ2v) is 4.49. The number of halogens is 3. The van der Waals surface area contributed by atoms with Crippen molar-refractivity contribution in [2.45, 2.75) is 38.7 Å². The van der Waals surface area contributed by atoms with E-state index in [4.69, 9.17) is 10.5 Å². The quantitative estimate of drug-likeness (QED) is 0.882. The molecule has 0 radical (unpaired) electrons. The molecule has 0 bridgehead atoms. The van der Waals surface area contributed by atoms with Crippen LogP contribution in [0.1, 0.15) is 31.4 Å². The van der Waals surface area contributed by atoms with Crippen LogP contribution in [0.15, 0.2) is 24.3 Å². The van der Waals surface area contributed by atoms with Crippen molar-refractivity contribution in [1.82, 2.24) is 0 Å². The van der Waals surface area contributed by atoms with Gasteiger partial charge in [-0.2, -0.15) is 13.2 Å². The Kier molecular flexibility index (Phi) is 4.76. The van der Waals surface area contributed by atoms with Gasteiger partial charge in [-0.3, -0.25) is 0 Å². The summed E-state index contributed by atoms with van der Waals surface area (Å²) < 4.78 is 43.1. The molecule has 1 rings (SSSR count). The third-order valence-corrected chi connectivity index (χ3v) is 3.02. The van der Waals surface area contributed by atoms with Gasteiger partial charge in [0, 0.05) is 6.54 Å². The highest BCUT2D eigenvalue weighted by molar-refractivity contribution is 5.25. The molecular formula is C13H18F3NO. The van der Waals surface area contributed by atoms with Gasteiger partial charge in [0.25, 0.3) is 0 Å². The Balaban J connectivity index is 2.75. The first-order valence-corrected chi connectivity index (χ1v) is 5.81. The Morgan fingerprint density at radius 3 is 2.44 bits per heavy atom. The zero-order valence-electron chi connectivity index (χ0n) is 10.6. The van der Waals surface area contributed by atoms with Crippen molar-refractivity contribution in [3.63, 3.8) is 0 Å². The fourth-order valence-corrected chi connectivity index (χ4v) is 1.40. The molecule has 0 fully saturated rings. The van der Waals surface area contributed by atoms with Crippen LogP contribution in [0.5, 0.6) is 0 Å². The molecule has 0 spiro atoms. The summed E-state index contributed by atoms with van der Waals surface area (Å²) in [7, 11) is 0. The van der Waals surface area contributed by atoms with Crippen molar-refractivity contribution in [3.8, 4) is 0 Å². The Hall–Kier alpha value is -1.07. The lowest BCUT2D eigenvalue weighted by molar-refractivity contribution is -0.137. The van der Waals surface area contributed by atoms with Gasteiger partial charge in [-0.15, -0.1) is 0 Å². The lowest BCUT2D eigenvalue weighted by Crippen LogP contribution is -2.36. The standard InChI is InChI=1S/C13H18F3NO/c1-3-12(2,9-17)18-8-10-5-4-6-11(7-10)13(14,15)16/h4-7H,3,8-9,17H2,1-2H3. The second-order valence-electron chi connectivity index (χ2n) is 4.49. The molecule has 0 saturated heterocycles. The molecule has 0 heterocycles. The van der Waals surface area contributed by atoms with Crippen LogP contribution in [0, 0.1) is 0 Å². The molecule has 0 aliphatic heterocycles. The zero-order chi connectivity index (χ0) is 13.8. The molecule has 1 unspecified atom stereocenters. The van der Waals surface area contributed by atoms with Crippen molar-refractivity contribution in [2.24, 2.45) is 5.73 Å². The van der Waals surface area contributed by atoms with Crippen LogP contribution in [0.2, 0.25) is 0 Å². The van der Waals surface area contributed by atoms with E-state index in [1.165, 1.54) is 6.07 Å². The summed E-state index contributed by atoms with van der Waals surface area (Å²) in [5.41, 5.74) is 4.92. The van der Waals surface area contributed by atoms with Crippen molar-refractivity contribution in [3.05, 3.63) is 35.4 Å². The topological polar surface area (TPSA) is 35.2 Å². The summed E-state index contributed by atoms with van der Waals surface area (Å²) >= 11 is 0. The highest BCUT2D eigenvalue weighted by Gasteiger charge is 2.30. The largest absolute Gasteiger partial charge is 0.416 e. The molecule has 0 saturated carbocycles. The fourth-order valence-electron chi connectivity index (χ4n) is 1.40. The van der Waals surface area contributed by atoms with Gasteiger partial charge in [-0.25, -0.2) is 0 Å². The zero-order valence-corrected chi connectivity index (χ0v) is 10.6. The summed E-state index contributed by atoms with van der Waals surface area (Å²) in [5, 5.41) is 0. The third-order valence-electron chi connectivity index (χ3n) is 3.02. The molecule has 0 aliphatic carbocycles. The van der Waals surface area contributed by atoms with E-state index < -0.39 is 17.3 Å². The molecule has 5 heteroatoms. The van der Waals surface area contributed by atoms with Gasteiger partial charge in [0.05, 0.1) is 17.8 Å². The van der Waals surface area contributed by atoms with Gasteiger partial charge in [0.15, 0.2) is 0 Å². The van der Waals surface area contributed by atoms with E-state index in [0.717, 1.165) is 12.1 Å². The Labute approximate surface area is 105 Å². The summed E-state index contributed by atoms with van der Waals surface area (Å²) in [6, 6.07) is 5.15. The first-order chi connectivity index (χ1) is 8.30. The second kappa shape index (κ2) is 5.71. The monoisotopic (exact) mass is 261 g/mol. The van der Waals surface area contributed by atoms with Crippen LogP contribution in [0.3, 0.4) is 0 Å². The van der Waals surface area contributed by atoms with Crippen molar-refractivity contribution >= 4 is 0 Å². The molecule has 0 aromatic heterocycles. The predicted octanol–water partition coefficient (Wildman–Crippen LogP) is 3.35. The van der Waals surface area contributed by atoms with E-state index in [0.29, 0.717) is 18.5 Å². The highest BCUT2D eigenvalue weighted by atomic mass is 19.4. The lowest BCUT2D eigenvalue weighted by Gasteiger charge is -2.27. The maximum atomic E-state index is 12.5. The van der Waals surface area contributed by atoms with Crippen LogP contribution in [-0.2, 0) is 17.5 Å². The Morgan fingerprint density at radius 2 is 1.94 bits per heavy atom. The number of alkyl halides is 3. The van der Waals surface area contributed by atoms with E-state index in [1.807, 2.05) is 13.8 Å². The molecule has 18 heavy (non-hydrogen) atoms. The van der Waals surface area contributed by atoms with Crippen LogP contribution < -0.4 is 5.73 Å². The minimum atomic E-state index is -4.32. The number of hydrogen-bond donors (Lipinski definition) is 1. The minimum absolute atomic E-state index is 0.130.